The third kappa shape index (κ3) is 4.41. The molecule has 1 fully saturated rings. The maximum Gasteiger partial charge on any atom is 0.226 e. The van der Waals surface area contributed by atoms with Gasteiger partial charge in [0.15, 0.2) is 0 Å². The van der Waals surface area contributed by atoms with Crippen LogP contribution in [0, 0.1) is 11.8 Å². The molecule has 0 saturated carbocycles. The Balaban J connectivity index is 1.23. The third-order valence-electron chi connectivity index (χ3n) is 6.16. The van der Waals surface area contributed by atoms with E-state index in [-0.39, 0.29) is 5.92 Å². The summed E-state index contributed by atoms with van der Waals surface area (Å²) in [5.41, 5.74) is 3.82. The lowest BCUT2D eigenvalue weighted by atomic mass is 9.86. The molecule has 1 aromatic carbocycles. The van der Waals surface area contributed by atoms with E-state index < -0.39 is 0 Å². The third-order valence-corrected chi connectivity index (χ3v) is 6.16. The van der Waals surface area contributed by atoms with Crippen molar-refractivity contribution < 1.29 is 4.79 Å². The van der Waals surface area contributed by atoms with Gasteiger partial charge in [0.05, 0.1) is 6.20 Å². The molecule has 1 amide bonds. The summed E-state index contributed by atoms with van der Waals surface area (Å²) in [6, 6.07) is 10.6. The van der Waals surface area contributed by atoms with Crippen molar-refractivity contribution in [2.45, 2.75) is 38.6 Å². The number of carbonyl (C=O) groups is 1. The predicted octanol–water partition coefficient (Wildman–Crippen LogP) is 2.89. The highest BCUT2D eigenvalue weighted by atomic mass is 16.2. The molecule has 1 atom stereocenters. The van der Waals surface area contributed by atoms with Crippen molar-refractivity contribution in [2.75, 3.05) is 26.7 Å². The van der Waals surface area contributed by atoms with Gasteiger partial charge in [-0.05, 0) is 56.2 Å². The van der Waals surface area contributed by atoms with Gasteiger partial charge in [-0.3, -0.25) is 9.89 Å². The van der Waals surface area contributed by atoms with Crippen LogP contribution in [-0.4, -0.2) is 52.6 Å². The molecule has 2 heterocycles. The molecule has 4 rings (SSSR count). The van der Waals surface area contributed by atoms with E-state index in [1.165, 1.54) is 16.8 Å². The van der Waals surface area contributed by atoms with Gasteiger partial charge in [-0.2, -0.15) is 5.10 Å². The van der Waals surface area contributed by atoms with Crippen LogP contribution >= 0.6 is 0 Å². The number of rotatable bonds is 5. The van der Waals surface area contributed by atoms with E-state index >= 15 is 0 Å². The van der Waals surface area contributed by atoms with Crippen LogP contribution in [0.4, 0.5) is 0 Å². The maximum absolute atomic E-state index is 12.9. The maximum atomic E-state index is 12.9. The molecule has 1 aliphatic heterocycles. The molecule has 5 heteroatoms. The van der Waals surface area contributed by atoms with Crippen molar-refractivity contribution in [3.63, 3.8) is 0 Å². The van der Waals surface area contributed by atoms with Gasteiger partial charge in [-0.15, -0.1) is 0 Å². The number of aromatic amines is 1. The Morgan fingerprint density at radius 1 is 1.22 bits per heavy atom. The molecule has 0 bridgehead atoms. The summed E-state index contributed by atoms with van der Waals surface area (Å²) >= 11 is 0. The predicted molar refractivity (Wildman–Crippen MR) is 106 cm³/mol. The number of hydrogen-bond donors (Lipinski definition) is 1. The summed E-state index contributed by atoms with van der Waals surface area (Å²) < 4.78 is 0. The van der Waals surface area contributed by atoms with E-state index in [1.807, 2.05) is 6.20 Å². The van der Waals surface area contributed by atoms with Crippen LogP contribution in [0.1, 0.15) is 36.1 Å². The Hall–Kier alpha value is -2.14. The minimum absolute atomic E-state index is 0.146. The van der Waals surface area contributed by atoms with Crippen molar-refractivity contribution in [2.24, 2.45) is 11.8 Å². The number of hydrogen-bond acceptors (Lipinski definition) is 3. The first-order valence-electron chi connectivity index (χ1n) is 10.2. The second-order valence-corrected chi connectivity index (χ2v) is 8.26. The molecule has 144 valence electrons. The number of likely N-dealkylation sites (tertiary alicyclic amines) is 1. The zero-order valence-corrected chi connectivity index (χ0v) is 16.2. The number of carbonyl (C=O) groups excluding carboxylic acids is 1. The summed E-state index contributed by atoms with van der Waals surface area (Å²) in [4.78, 5) is 17.5. The average molecular weight is 367 g/mol. The summed E-state index contributed by atoms with van der Waals surface area (Å²) in [7, 11) is 2.20. The minimum Gasteiger partial charge on any atom is -0.342 e. The molecular formula is C22H30N4O. The first-order chi connectivity index (χ1) is 13.2. The monoisotopic (exact) mass is 366 g/mol. The summed E-state index contributed by atoms with van der Waals surface area (Å²) in [6.07, 6.45) is 6.89. The molecule has 2 aliphatic rings. The van der Waals surface area contributed by atoms with Crippen molar-refractivity contribution >= 4 is 5.91 Å². The number of fused-ring (bicyclic) bond motifs is 1. The first kappa shape index (κ1) is 18.2. The zero-order chi connectivity index (χ0) is 18.6. The van der Waals surface area contributed by atoms with E-state index in [9.17, 15) is 4.79 Å². The van der Waals surface area contributed by atoms with E-state index in [4.69, 9.17) is 0 Å². The second kappa shape index (κ2) is 8.26. The van der Waals surface area contributed by atoms with Gasteiger partial charge in [-0.1, -0.05) is 30.3 Å². The Labute approximate surface area is 161 Å². The lowest BCUT2D eigenvalue weighted by molar-refractivity contribution is -0.137. The van der Waals surface area contributed by atoms with E-state index in [0.717, 1.165) is 58.3 Å². The van der Waals surface area contributed by atoms with E-state index in [1.54, 1.807) is 0 Å². The van der Waals surface area contributed by atoms with Crippen LogP contribution in [0.5, 0.6) is 0 Å². The largest absolute Gasteiger partial charge is 0.342 e. The van der Waals surface area contributed by atoms with Gasteiger partial charge in [0.2, 0.25) is 5.91 Å². The highest BCUT2D eigenvalue weighted by Crippen LogP contribution is 2.27. The number of nitrogens with one attached hydrogen (secondary N) is 1. The van der Waals surface area contributed by atoms with Crippen LogP contribution in [0.15, 0.2) is 36.5 Å². The van der Waals surface area contributed by atoms with Crippen LogP contribution in [0.25, 0.3) is 0 Å². The standard InChI is InChI=1S/C22H30N4O/c1-25(15-17-5-3-2-4-6-17)16-18-9-11-26(12-10-18)22(27)19-7-8-21-20(13-19)14-23-24-21/h2-6,14,18-19H,7-13,15-16H2,1H3,(H,23,24). The van der Waals surface area contributed by atoms with Crippen LogP contribution in [0.3, 0.4) is 0 Å². The quantitative estimate of drug-likeness (QED) is 0.885. The van der Waals surface area contributed by atoms with Gasteiger partial charge in [0.25, 0.3) is 0 Å². The molecule has 1 aromatic heterocycles. The lowest BCUT2D eigenvalue weighted by Crippen LogP contribution is -2.44. The van der Waals surface area contributed by atoms with Gasteiger partial charge >= 0.3 is 0 Å². The summed E-state index contributed by atoms with van der Waals surface area (Å²) in [5, 5.41) is 7.18. The fourth-order valence-electron chi connectivity index (χ4n) is 4.62. The number of nitrogens with zero attached hydrogens (tertiary/aromatic N) is 3. The van der Waals surface area contributed by atoms with Crippen molar-refractivity contribution in [3.8, 4) is 0 Å². The number of aromatic nitrogens is 2. The topological polar surface area (TPSA) is 52.2 Å². The summed E-state index contributed by atoms with van der Waals surface area (Å²) in [6.45, 7) is 3.93. The highest BCUT2D eigenvalue weighted by Gasteiger charge is 2.31. The first-order valence-corrected chi connectivity index (χ1v) is 10.2. The molecule has 1 N–H and O–H groups in total. The highest BCUT2D eigenvalue weighted by molar-refractivity contribution is 5.79. The molecule has 5 nitrogen and oxygen atoms in total. The number of benzene rings is 1. The summed E-state index contributed by atoms with van der Waals surface area (Å²) in [5.74, 6) is 1.19. The molecule has 0 radical (unpaired) electrons. The lowest BCUT2D eigenvalue weighted by Gasteiger charge is -2.36. The SMILES string of the molecule is CN(Cc1ccccc1)CC1CCN(C(=O)C2CCc3[nH]ncc3C2)CC1. The van der Waals surface area contributed by atoms with Gasteiger partial charge in [0, 0.05) is 37.8 Å². The molecule has 1 aliphatic carbocycles. The second-order valence-electron chi connectivity index (χ2n) is 8.26. The number of H-pyrrole nitrogens is 1. The fraction of sp³-hybridized carbons (Fsp3) is 0.545. The number of amides is 1. The van der Waals surface area contributed by atoms with Crippen LogP contribution in [-0.2, 0) is 24.2 Å². The van der Waals surface area contributed by atoms with Gasteiger partial charge in [-0.25, -0.2) is 0 Å². The van der Waals surface area contributed by atoms with Gasteiger partial charge in [0.1, 0.15) is 0 Å². The molecule has 0 spiro atoms. The van der Waals surface area contributed by atoms with Crippen molar-refractivity contribution in [1.82, 2.24) is 20.0 Å². The number of piperidine rings is 1. The van der Waals surface area contributed by atoms with E-state index in [2.05, 4.69) is 57.4 Å². The minimum atomic E-state index is 0.146. The van der Waals surface area contributed by atoms with E-state index in [0.29, 0.717) is 11.8 Å². The zero-order valence-electron chi connectivity index (χ0n) is 16.2. The fourth-order valence-corrected chi connectivity index (χ4v) is 4.62. The Bertz CT molecular complexity index is 749. The number of aryl methyl sites for hydroxylation is 1. The molecular weight excluding hydrogens is 336 g/mol. The Morgan fingerprint density at radius 2 is 2.00 bits per heavy atom. The van der Waals surface area contributed by atoms with Crippen LogP contribution < -0.4 is 0 Å². The average Bonchev–Trinajstić information content (AvgIpc) is 3.16. The van der Waals surface area contributed by atoms with Crippen molar-refractivity contribution in [3.05, 3.63) is 53.3 Å². The molecule has 1 unspecified atom stereocenters. The van der Waals surface area contributed by atoms with Gasteiger partial charge < -0.3 is 9.80 Å². The molecule has 1 saturated heterocycles. The molecule has 2 aromatic rings. The molecule has 27 heavy (non-hydrogen) atoms. The van der Waals surface area contributed by atoms with Crippen LogP contribution in [0.2, 0.25) is 0 Å². The smallest absolute Gasteiger partial charge is 0.226 e. The van der Waals surface area contributed by atoms with Crippen molar-refractivity contribution in [1.29, 1.82) is 0 Å². The Morgan fingerprint density at radius 3 is 2.78 bits per heavy atom. The normalized spacial score (nSPS) is 20.7. The Kier molecular flexibility index (Phi) is 5.58.